The lowest BCUT2D eigenvalue weighted by atomic mass is 9.95. The van der Waals surface area contributed by atoms with Crippen LogP contribution in [-0.4, -0.2) is 60.1 Å². The van der Waals surface area contributed by atoms with E-state index in [0.29, 0.717) is 44.4 Å². The van der Waals surface area contributed by atoms with Crippen molar-refractivity contribution in [3.8, 4) is 0 Å². The first-order chi connectivity index (χ1) is 16.9. The number of thioether (sulfide) groups is 1. The quantitative estimate of drug-likeness (QED) is 0.412. The van der Waals surface area contributed by atoms with Gasteiger partial charge in [0.2, 0.25) is 0 Å². The molecule has 0 aliphatic carbocycles. The molecule has 2 heterocycles. The summed E-state index contributed by atoms with van der Waals surface area (Å²) in [7, 11) is 0. The first-order valence-corrected chi connectivity index (χ1v) is 12.7. The third kappa shape index (κ3) is 7.72. The number of nitrogens with zero attached hydrogens (tertiary/aromatic N) is 3. The molecule has 1 saturated heterocycles. The van der Waals surface area contributed by atoms with Crippen molar-refractivity contribution >= 4 is 22.8 Å². The Kier molecular flexibility index (Phi) is 9.50. The van der Waals surface area contributed by atoms with Crippen LogP contribution in [0.15, 0.2) is 34.2 Å². The van der Waals surface area contributed by atoms with E-state index in [1.165, 1.54) is 0 Å². The maximum Gasteiger partial charge on any atom is 0.416 e. The molecule has 0 radical (unpaired) electrons. The van der Waals surface area contributed by atoms with Crippen molar-refractivity contribution in [2.75, 3.05) is 39.3 Å². The van der Waals surface area contributed by atoms with Crippen LogP contribution < -0.4 is 5.32 Å². The van der Waals surface area contributed by atoms with Gasteiger partial charge in [-0.1, -0.05) is 26.0 Å². The van der Waals surface area contributed by atoms with E-state index in [-0.39, 0.29) is 29.3 Å². The first-order valence-electron chi connectivity index (χ1n) is 11.9. The van der Waals surface area contributed by atoms with Crippen LogP contribution >= 0.6 is 11.8 Å². The zero-order valence-electron chi connectivity index (χ0n) is 20.2. The van der Waals surface area contributed by atoms with E-state index >= 15 is 0 Å². The summed E-state index contributed by atoms with van der Waals surface area (Å²) in [5.41, 5.74) is -2.73. The van der Waals surface area contributed by atoms with E-state index in [9.17, 15) is 31.1 Å². The summed E-state index contributed by atoms with van der Waals surface area (Å²) in [5, 5.41) is 2.94. The lowest BCUT2D eigenvalue weighted by Crippen LogP contribution is -2.35. The van der Waals surface area contributed by atoms with Crippen molar-refractivity contribution in [1.82, 2.24) is 15.1 Å². The van der Waals surface area contributed by atoms with Crippen molar-refractivity contribution in [3.05, 3.63) is 45.9 Å². The second kappa shape index (κ2) is 12.0. The summed E-state index contributed by atoms with van der Waals surface area (Å²) in [6, 6.07) is 1.81. The topological polar surface area (TPSA) is 47.9 Å². The van der Waals surface area contributed by atoms with Crippen LogP contribution in [0.5, 0.6) is 0 Å². The highest BCUT2D eigenvalue weighted by molar-refractivity contribution is 8.18. The summed E-state index contributed by atoms with van der Waals surface area (Å²) >= 11 is 1.06. The van der Waals surface area contributed by atoms with Gasteiger partial charge in [-0.05, 0) is 74.4 Å². The van der Waals surface area contributed by atoms with Crippen molar-refractivity contribution in [1.29, 1.82) is 0 Å². The minimum Gasteiger partial charge on any atom is -0.368 e. The Hall–Kier alpha value is -2.05. The van der Waals surface area contributed by atoms with Gasteiger partial charge < -0.3 is 10.2 Å². The highest BCUT2D eigenvalue weighted by Gasteiger charge is 2.38. The Labute approximate surface area is 211 Å². The van der Waals surface area contributed by atoms with Crippen LogP contribution in [0.4, 0.5) is 31.1 Å². The number of allylic oxidation sites excluding steroid dienone is 1. The largest absolute Gasteiger partial charge is 0.416 e. The lowest BCUT2D eigenvalue weighted by Gasteiger charge is -2.31. The highest BCUT2D eigenvalue weighted by atomic mass is 32.2. The predicted molar refractivity (Wildman–Crippen MR) is 129 cm³/mol. The number of alkyl halides is 6. The van der Waals surface area contributed by atoms with Gasteiger partial charge >= 0.3 is 17.6 Å². The van der Waals surface area contributed by atoms with Gasteiger partial charge in [-0.15, -0.1) is 0 Å². The molecule has 1 aromatic rings. The maximum atomic E-state index is 13.5. The van der Waals surface area contributed by atoms with Crippen LogP contribution in [0, 0.1) is 5.92 Å². The van der Waals surface area contributed by atoms with Gasteiger partial charge in [-0.3, -0.25) is 9.69 Å². The molecule has 2 aliphatic heterocycles. The number of nitrogens with one attached hydrogen (secondary N) is 1. The fourth-order valence-corrected chi connectivity index (χ4v) is 5.11. The van der Waals surface area contributed by atoms with E-state index < -0.39 is 23.5 Å². The van der Waals surface area contributed by atoms with Crippen LogP contribution in [0.1, 0.15) is 43.4 Å². The normalized spacial score (nSPS) is 19.4. The second-order valence-electron chi connectivity index (χ2n) is 8.79. The Morgan fingerprint density at radius 2 is 1.78 bits per heavy atom. The van der Waals surface area contributed by atoms with Crippen molar-refractivity contribution in [2.45, 2.75) is 45.6 Å². The smallest absolute Gasteiger partial charge is 0.368 e. The Bertz CT molecular complexity index is 980. The number of benzene rings is 1. The number of likely N-dealkylation sites (tertiary alicyclic amines) is 1. The Morgan fingerprint density at radius 1 is 1.11 bits per heavy atom. The third-order valence-electron chi connectivity index (χ3n) is 6.40. The molecule has 3 rings (SSSR count). The van der Waals surface area contributed by atoms with E-state index in [0.717, 1.165) is 42.4 Å². The summed E-state index contributed by atoms with van der Waals surface area (Å²) in [6.07, 6.45) is -6.40. The highest BCUT2D eigenvalue weighted by Crippen LogP contribution is 2.38. The van der Waals surface area contributed by atoms with Crippen molar-refractivity contribution in [2.24, 2.45) is 10.9 Å². The first kappa shape index (κ1) is 28.5. The van der Waals surface area contributed by atoms with Gasteiger partial charge in [0.1, 0.15) is 5.84 Å². The molecule has 1 amide bonds. The third-order valence-corrected chi connectivity index (χ3v) is 7.22. The second-order valence-corrected chi connectivity index (χ2v) is 9.79. The number of amides is 1. The van der Waals surface area contributed by atoms with Gasteiger partial charge in [0.15, 0.2) is 0 Å². The number of halogens is 6. The van der Waals surface area contributed by atoms with Gasteiger partial charge in [0, 0.05) is 19.6 Å². The predicted octanol–water partition coefficient (Wildman–Crippen LogP) is 6.02. The summed E-state index contributed by atoms with van der Waals surface area (Å²) in [5.74, 6) is 0.679. The Morgan fingerprint density at radius 3 is 2.36 bits per heavy atom. The molecule has 2 aliphatic rings. The van der Waals surface area contributed by atoms with Crippen LogP contribution in [0.2, 0.25) is 0 Å². The van der Waals surface area contributed by atoms with Gasteiger partial charge in [0.05, 0.1) is 16.0 Å². The molecule has 0 spiro atoms. The molecule has 36 heavy (non-hydrogen) atoms. The SMILES string of the molecule is CCN(CC)CCNC1=NC(=O)SC1=CC1CCN(Cc2ccc(C(F)(F)F)cc2C(F)(F)F)CC1. The minimum absolute atomic E-state index is 0.0802. The molecule has 12 heteroatoms. The van der Waals surface area contributed by atoms with Gasteiger partial charge in [0.25, 0.3) is 0 Å². The number of piperidine rings is 1. The number of amidine groups is 1. The zero-order chi connectivity index (χ0) is 26.5. The van der Waals surface area contributed by atoms with E-state index in [2.05, 4.69) is 29.1 Å². The number of hydrogen-bond donors (Lipinski definition) is 1. The van der Waals surface area contributed by atoms with E-state index in [1.807, 2.05) is 11.0 Å². The molecule has 0 atom stereocenters. The number of carbonyl (C=O) groups excluding carboxylic acids is 1. The molecule has 0 saturated carbocycles. The van der Waals surface area contributed by atoms with Gasteiger partial charge in [-0.25, -0.2) is 0 Å². The number of carbonyl (C=O) groups is 1. The van der Waals surface area contributed by atoms with Crippen LogP contribution in [-0.2, 0) is 18.9 Å². The van der Waals surface area contributed by atoms with Crippen LogP contribution in [0.3, 0.4) is 0 Å². The van der Waals surface area contributed by atoms with Crippen molar-refractivity contribution < 1.29 is 31.1 Å². The average molecular weight is 537 g/mol. The fraction of sp³-hybridized carbons (Fsp3) is 0.583. The zero-order valence-corrected chi connectivity index (χ0v) is 21.0. The molecule has 5 nitrogen and oxygen atoms in total. The number of rotatable bonds is 8. The number of likely N-dealkylation sites (N-methyl/N-ethyl adjacent to an activating group) is 1. The van der Waals surface area contributed by atoms with Crippen LogP contribution in [0.25, 0.3) is 0 Å². The molecular weight excluding hydrogens is 506 g/mol. The molecule has 200 valence electrons. The Balaban J connectivity index is 1.60. The molecule has 0 bridgehead atoms. The molecule has 1 fully saturated rings. The molecule has 1 aromatic carbocycles. The molecular formula is C24H30F6N4OS. The lowest BCUT2D eigenvalue weighted by molar-refractivity contribution is -0.143. The summed E-state index contributed by atoms with van der Waals surface area (Å²) in [4.78, 5) is 20.8. The molecule has 0 aromatic heterocycles. The number of aliphatic imine (C=N–C) groups is 1. The summed E-state index contributed by atoms with van der Waals surface area (Å²) < 4.78 is 79.1. The molecule has 1 N–H and O–H groups in total. The summed E-state index contributed by atoms with van der Waals surface area (Å²) in [6.45, 7) is 8.39. The van der Waals surface area contributed by atoms with E-state index in [4.69, 9.17) is 0 Å². The monoisotopic (exact) mass is 536 g/mol. The maximum absolute atomic E-state index is 13.5. The van der Waals surface area contributed by atoms with Gasteiger partial charge in [-0.2, -0.15) is 31.3 Å². The minimum atomic E-state index is -4.88. The molecule has 0 unspecified atom stereocenters. The van der Waals surface area contributed by atoms with E-state index in [1.54, 1.807) is 0 Å². The average Bonchev–Trinajstić information content (AvgIpc) is 3.15. The fourth-order valence-electron chi connectivity index (χ4n) is 4.31. The number of hydrogen-bond acceptors (Lipinski definition) is 5. The van der Waals surface area contributed by atoms with Crippen molar-refractivity contribution in [3.63, 3.8) is 0 Å². The standard InChI is InChI=1S/C24H30F6N4OS/c1-3-33(4-2)12-9-31-21-20(36-22(35)32-21)13-16-7-10-34(11-8-16)15-17-5-6-18(23(25,26)27)14-19(17)24(28,29)30/h5-6,13-14,16H,3-4,7-12,15H2,1-2H3,(H,31,32,35).